The minimum atomic E-state index is -1.15. The number of hydrogen-bond acceptors (Lipinski definition) is 8. The van der Waals surface area contributed by atoms with Crippen molar-refractivity contribution in [2.24, 2.45) is 0 Å². The van der Waals surface area contributed by atoms with Crippen LogP contribution in [0.15, 0.2) is 53.5 Å². The van der Waals surface area contributed by atoms with Gasteiger partial charge < -0.3 is 18.6 Å². The molecule has 5 rings (SSSR count). The monoisotopic (exact) mass is 403 g/mol. The first-order valence-electron chi connectivity index (χ1n) is 8.85. The Morgan fingerprint density at radius 1 is 1.10 bits per heavy atom. The van der Waals surface area contributed by atoms with Crippen LogP contribution >= 0.6 is 0 Å². The molecule has 0 spiro atoms. The average molecular weight is 403 g/mol. The van der Waals surface area contributed by atoms with Gasteiger partial charge in [-0.25, -0.2) is 19.6 Å². The minimum Gasteiger partial charge on any atom is -0.490 e. The summed E-state index contributed by atoms with van der Waals surface area (Å²) >= 11 is 0. The highest BCUT2D eigenvalue weighted by Gasteiger charge is 2.33. The summed E-state index contributed by atoms with van der Waals surface area (Å²) in [6, 6.07) is 8.80. The van der Waals surface area contributed by atoms with Crippen LogP contribution in [0, 0.1) is 0 Å². The van der Waals surface area contributed by atoms with Gasteiger partial charge in [0.25, 0.3) is 0 Å². The van der Waals surface area contributed by atoms with Gasteiger partial charge in [-0.1, -0.05) is 6.07 Å². The molecule has 3 aromatic heterocycles. The van der Waals surface area contributed by atoms with Crippen molar-refractivity contribution in [1.29, 1.82) is 0 Å². The van der Waals surface area contributed by atoms with Gasteiger partial charge in [-0.2, -0.15) is 0 Å². The number of esters is 2. The summed E-state index contributed by atoms with van der Waals surface area (Å²) in [4.78, 5) is 32.9. The first-order chi connectivity index (χ1) is 14.7. The highest BCUT2D eigenvalue weighted by Crippen LogP contribution is 2.45. The van der Waals surface area contributed by atoms with Crippen molar-refractivity contribution in [2.75, 3.05) is 7.11 Å². The van der Waals surface area contributed by atoms with Crippen LogP contribution in [-0.2, 0) is 9.59 Å². The standard InChI is InChI=1S/C21H13N3O6/c1-27-18-14-10-13-17(19(18)30-21(26)20(25)29-14)23-16(6-5-12-7-9-28-11-12)24(13)15-4-2-3-8-22-15/h2-11H,1H3/b6-5+. The number of ether oxygens (including phenoxy) is 3. The van der Waals surface area contributed by atoms with E-state index in [4.69, 9.17) is 18.6 Å². The first-order valence-corrected chi connectivity index (χ1v) is 8.85. The molecular formula is C21H13N3O6. The number of carbonyl (C=O) groups excluding carboxylic acids is 2. The molecule has 0 aliphatic carbocycles. The number of methoxy groups -OCH3 is 1. The fourth-order valence-corrected chi connectivity index (χ4v) is 3.18. The maximum absolute atomic E-state index is 12.0. The third-order valence-electron chi connectivity index (χ3n) is 4.47. The van der Waals surface area contributed by atoms with Crippen LogP contribution in [0.1, 0.15) is 11.4 Å². The Hall–Kier alpha value is -4.40. The zero-order valence-electron chi connectivity index (χ0n) is 15.6. The summed E-state index contributed by atoms with van der Waals surface area (Å²) < 4.78 is 22.6. The SMILES string of the molecule is COc1c2cc3c(nc(/C=C/c4ccoc4)n3-c3ccccn3)c1OC(=O)C(=O)O2. The molecule has 0 radical (unpaired) electrons. The molecule has 0 N–H and O–H groups in total. The van der Waals surface area contributed by atoms with Crippen molar-refractivity contribution in [3.8, 4) is 23.1 Å². The largest absolute Gasteiger partial charge is 0.490 e. The Balaban J connectivity index is 1.81. The van der Waals surface area contributed by atoms with E-state index >= 15 is 0 Å². The molecule has 9 nitrogen and oxygen atoms in total. The number of pyridine rings is 1. The second kappa shape index (κ2) is 6.89. The highest BCUT2D eigenvalue weighted by molar-refractivity contribution is 6.32. The third-order valence-corrected chi connectivity index (χ3v) is 4.47. The first kappa shape index (κ1) is 17.7. The van der Waals surface area contributed by atoms with E-state index in [0.717, 1.165) is 5.56 Å². The third kappa shape index (κ3) is 2.80. The summed E-state index contributed by atoms with van der Waals surface area (Å²) in [5.41, 5.74) is 1.68. The van der Waals surface area contributed by atoms with Crippen LogP contribution in [-0.4, -0.2) is 33.6 Å². The van der Waals surface area contributed by atoms with E-state index in [9.17, 15) is 9.59 Å². The summed E-state index contributed by atoms with van der Waals surface area (Å²) in [6.45, 7) is 0. The average Bonchev–Trinajstić information content (AvgIpc) is 3.38. The predicted octanol–water partition coefficient (Wildman–Crippen LogP) is 3.02. The number of aromatic nitrogens is 3. The van der Waals surface area contributed by atoms with Crippen LogP contribution in [0.3, 0.4) is 0 Å². The Morgan fingerprint density at radius 3 is 2.70 bits per heavy atom. The van der Waals surface area contributed by atoms with Crippen LogP contribution in [0.25, 0.3) is 29.0 Å². The lowest BCUT2D eigenvalue weighted by Gasteiger charge is -2.10. The Bertz CT molecular complexity index is 1310. The molecule has 4 heterocycles. The van der Waals surface area contributed by atoms with Crippen molar-refractivity contribution < 1.29 is 28.2 Å². The lowest BCUT2D eigenvalue weighted by atomic mass is 10.2. The van der Waals surface area contributed by atoms with Gasteiger partial charge >= 0.3 is 11.9 Å². The zero-order valence-corrected chi connectivity index (χ0v) is 15.6. The maximum Gasteiger partial charge on any atom is 0.423 e. The molecule has 2 bridgehead atoms. The van der Waals surface area contributed by atoms with Gasteiger partial charge in [-0.15, -0.1) is 0 Å². The number of benzene rings is 1. The van der Waals surface area contributed by atoms with Crippen LogP contribution in [0.5, 0.6) is 17.2 Å². The van der Waals surface area contributed by atoms with Crippen molar-refractivity contribution >= 4 is 35.1 Å². The van der Waals surface area contributed by atoms with Gasteiger partial charge in [-0.3, -0.25) is 4.57 Å². The van der Waals surface area contributed by atoms with E-state index in [1.165, 1.54) is 7.11 Å². The van der Waals surface area contributed by atoms with Crippen molar-refractivity contribution in [3.05, 3.63) is 60.4 Å². The van der Waals surface area contributed by atoms with E-state index < -0.39 is 11.9 Å². The Labute approximate surface area is 169 Å². The van der Waals surface area contributed by atoms with E-state index in [-0.39, 0.29) is 17.2 Å². The van der Waals surface area contributed by atoms with E-state index in [1.54, 1.807) is 53.6 Å². The van der Waals surface area contributed by atoms with Gasteiger partial charge in [0, 0.05) is 17.8 Å². The van der Waals surface area contributed by atoms with Crippen LogP contribution in [0.2, 0.25) is 0 Å². The van der Waals surface area contributed by atoms with Gasteiger partial charge in [0.1, 0.15) is 17.2 Å². The van der Waals surface area contributed by atoms with Crippen molar-refractivity contribution in [3.63, 3.8) is 0 Å². The smallest absolute Gasteiger partial charge is 0.423 e. The number of rotatable bonds is 4. The minimum absolute atomic E-state index is 0.00786. The fraction of sp³-hybridized carbons (Fsp3) is 0.0476. The fourth-order valence-electron chi connectivity index (χ4n) is 3.18. The molecule has 30 heavy (non-hydrogen) atoms. The second-order valence-corrected chi connectivity index (χ2v) is 6.27. The van der Waals surface area contributed by atoms with E-state index in [1.807, 2.05) is 12.1 Å². The van der Waals surface area contributed by atoms with Crippen LogP contribution in [0.4, 0.5) is 0 Å². The molecule has 0 saturated carbocycles. The molecule has 148 valence electrons. The molecule has 9 heteroatoms. The predicted molar refractivity (Wildman–Crippen MR) is 104 cm³/mol. The normalized spacial score (nSPS) is 13.4. The quantitative estimate of drug-likeness (QED) is 0.291. The number of imidazole rings is 1. The van der Waals surface area contributed by atoms with Crippen LogP contribution < -0.4 is 14.2 Å². The maximum atomic E-state index is 12.0. The molecule has 4 aromatic rings. The molecule has 1 aliphatic rings. The number of nitrogens with zero attached hydrogens (tertiary/aromatic N) is 3. The molecule has 0 atom stereocenters. The molecule has 0 unspecified atom stereocenters. The van der Waals surface area contributed by atoms with Gasteiger partial charge in [-0.05, 0) is 30.4 Å². The van der Waals surface area contributed by atoms with Gasteiger partial charge in [0.2, 0.25) is 11.5 Å². The second-order valence-electron chi connectivity index (χ2n) is 6.27. The summed E-state index contributed by atoms with van der Waals surface area (Å²) in [5.74, 6) is -1.04. The van der Waals surface area contributed by atoms with Gasteiger partial charge in [0.05, 0.1) is 25.2 Å². The molecule has 0 amide bonds. The molecule has 0 saturated heterocycles. The Morgan fingerprint density at radius 2 is 1.97 bits per heavy atom. The molecular weight excluding hydrogens is 390 g/mol. The number of hydrogen-bond donors (Lipinski definition) is 0. The lowest BCUT2D eigenvalue weighted by Crippen LogP contribution is -2.23. The number of carbonyl (C=O) groups is 2. The van der Waals surface area contributed by atoms with E-state index in [0.29, 0.717) is 22.7 Å². The van der Waals surface area contributed by atoms with Gasteiger partial charge in [0.15, 0.2) is 5.75 Å². The summed E-state index contributed by atoms with van der Waals surface area (Å²) in [5, 5.41) is 0. The zero-order chi connectivity index (χ0) is 20.7. The lowest BCUT2D eigenvalue weighted by molar-refractivity contribution is -0.155. The van der Waals surface area contributed by atoms with E-state index in [2.05, 4.69) is 9.97 Å². The number of fused-ring (bicyclic) bond motifs is 4. The topological polar surface area (TPSA) is 106 Å². The summed E-state index contributed by atoms with van der Waals surface area (Å²) in [7, 11) is 1.39. The molecule has 1 aliphatic heterocycles. The highest BCUT2D eigenvalue weighted by atomic mass is 16.6. The summed E-state index contributed by atoms with van der Waals surface area (Å²) in [6.07, 6.45) is 8.40. The van der Waals surface area contributed by atoms with Crippen molar-refractivity contribution in [1.82, 2.24) is 14.5 Å². The number of furan rings is 1. The molecule has 1 aromatic carbocycles. The van der Waals surface area contributed by atoms with Crippen molar-refractivity contribution in [2.45, 2.75) is 0 Å². The molecule has 0 fully saturated rings. The Kier molecular flexibility index (Phi) is 4.06.